The third-order valence-corrected chi connectivity index (χ3v) is 7.27. The molecule has 1 aliphatic carbocycles. The van der Waals surface area contributed by atoms with E-state index >= 15 is 0 Å². The van der Waals surface area contributed by atoms with E-state index in [9.17, 15) is 27.9 Å². The summed E-state index contributed by atoms with van der Waals surface area (Å²) < 4.78 is 43.6. The fourth-order valence-corrected chi connectivity index (χ4v) is 4.73. The third-order valence-electron chi connectivity index (χ3n) is 7.27. The van der Waals surface area contributed by atoms with Gasteiger partial charge in [0.05, 0.1) is 23.4 Å². The number of aliphatic hydroxyl groups excluding tert-OH is 1. The minimum absolute atomic E-state index is 0.0106. The average Bonchev–Trinajstić information content (AvgIpc) is 3.64. The van der Waals surface area contributed by atoms with Gasteiger partial charge < -0.3 is 20.5 Å². The molecular weight excluding hydrogens is 541 g/mol. The maximum absolute atomic E-state index is 13.4. The molecule has 2 amide bonds. The number of nitriles is 1. The summed E-state index contributed by atoms with van der Waals surface area (Å²) in [6, 6.07) is 11.1. The van der Waals surface area contributed by atoms with E-state index in [1.807, 2.05) is 6.07 Å². The van der Waals surface area contributed by atoms with E-state index in [0.717, 1.165) is 18.4 Å². The van der Waals surface area contributed by atoms with E-state index in [4.69, 9.17) is 10.00 Å². The highest BCUT2D eigenvalue weighted by Crippen LogP contribution is 2.44. The van der Waals surface area contributed by atoms with Gasteiger partial charge >= 0.3 is 6.18 Å². The minimum Gasteiger partial charge on any atom is -0.484 e. The Morgan fingerprint density at radius 3 is 2.76 bits per heavy atom. The fourth-order valence-electron chi connectivity index (χ4n) is 4.73. The van der Waals surface area contributed by atoms with Crippen molar-refractivity contribution < 1.29 is 32.6 Å². The van der Waals surface area contributed by atoms with Crippen molar-refractivity contribution in [1.82, 2.24) is 25.4 Å². The molecule has 1 aliphatic heterocycles. The molecule has 214 valence electrons. The number of fused-ring (bicyclic) bond motifs is 1. The van der Waals surface area contributed by atoms with Crippen molar-refractivity contribution in [3.8, 4) is 17.6 Å². The number of benzene rings is 1. The van der Waals surface area contributed by atoms with Crippen molar-refractivity contribution >= 4 is 11.8 Å². The summed E-state index contributed by atoms with van der Waals surface area (Å²) in [6.45, 7) is -1.19. The van der Waals surface area contributed by atoms with Crippen LogP contribution in [-0.2, 0) is 12.8 Å². The van der Waals surface area contributed by atoms with E-state index in [1.54, 1.807) is 12.1 Å². The zero-order chi connectivity index (χ0) is 29.2. The molecule has 5 rings (SSSR count). The zero-order valence-electron chi connectivity index (χ0n) is 21.9. The lowest BCUT2D eigenvalue weighted by Crippen LogP contribution is -2.42. The highest BCUT2D eigenvalue weighted by atomic mass is 19.4. The molecular formula is C28H27F3N6O4. The van der Waals surface area contributed by atoms with Crippen molar-refractivity contribution in [2.75, 3.05) is 19.8 Å². The maximum atomic E-state index is 13.4. The zero-order valence-corrected chi connectivity index (χ0v) is 21.9. The van der Waals surface area contributed by atoms with Crippen LogP contribution < -0.4 is 15.4 Å². The molecule has 13 heteroatoms. The van der Waals surface area contributed by atoms with Gasteiger partial charge in [-0.3, -0.25) is 9.59 Å². The van der Waals surface area contributed by atoms with Crippen LogP contribution in [0.1, 0.15) is 56.9 Å². The average molecular weight is 569 g/mol. The molecule has 1 fully saturated rings. The van der Waals surface area contributed by atoms with E-state index < -0.39 is 24.6 Å². The first kappa shape index (κ1) is 28.1. The number of rotatable bonds is 10. The molecule has 3 N–H and O–H groups in total. The first-order valence-electron chi connectivity index (χ1n) is 13.1. The molecule has 0 saturated heterocycles. The van der Waals surface area contributed by atoms with Gasteiger partial charge in [-0.15, -0.1) is 0 Å². The molecule has 41 heavy (non-hydrogen) atoms. The second-order valence-corrected chi connectivity index (χ2v) is 10.4. The number of alkyl halides is 3. The lowest BCUT2D eigenvalue weighted by Gasteiger charge is -2.23. The number of carbonyl (C=O) groups is 2. The second kappa shape index (κ2) is 11.2. The molecule has 1 unspecified atom stereocenters. The van der Waals surface area contributed by atoms with Gasteiger partial charge in [0, 0.05) is 30.6 Å². The van der Waals surface area contributed by atoms with Crippen LogP contribution in [0.5, 0.6) is 5.75 Å². The molecule has 2 aliphatic rings. The molecule has 0 bridgehead atoms. The molecule has 3 heterocycles. The lowest BCUT2D eigenvalue weighted by atomic mass is 9.95. The first-order chi connectivity index (χ1) is 19.6. The Bertz CT molecular complexity index is 1490. The number of hydrogen-bond donors (Lipinski definition) is 3. The van der Waals surface area contributed by atoms with Gasteiger partial charge in [-0.05, 0) is 55.5 Å². The summed E-state index contributed by atoms with van der Waals surface area (Å²) >= 11 is 0. The molecule has 10 nitrogen and oxygen atoms in total. The lowest BCUT2D eigenvalue weighted by molar-refractivity contribution is -0.153. The minimum atomic E-state index is -4.44. The summed E-state index contributed by atoms with van der Waals surface area (Å²) in [7, 11) is 0. The van der Waals surface area contributed by atoms with Gasteiger partial charge in [-0.1, -0.05) is 12.1 Å². The van der Waals surface area contributed by atoms with Gasteiger partial charge in [-0.25, -0.2) is 9.67 Å². The number of halogens is 3. The van der Waals surface area contributed by atoms with Crippen LogP contribution in [0.4, 0.5) is 13.2 Å². The summed E-state index contributed by atoms with van der Waals surface area (Å²) in [5.74, 6) is -0.652. The summed E-state index contributed by atoms with van der Waals surface area (Å²) in [6.07, 6.45) is -0.275. The summed E-state index contributed by atoms with van der Waals surface area (Å²) in [5.41, 5.74) is 1.25. The predicted molar refractivity (Wildman–Crippen MR) is 138 cm³/mol. The second-order valence-electron chi connectivity index (χ2n) is 10.4. The molecule has 0 spiro atoms. The van der Waals surface area contributed by atoms with Gasteiger partial charge in [0.25, 0.3) is 11.8 Å². The van der Waals surface area contributed by atoms with E-state index in [2.05, 4.69) is 20.7 Å². The number of pyridine rings is 1. The molecule has 1 saturated carbocycles. The smallest absolute Gasteiger partial charge is 0.422 e. The first-order valence-corrected chi connectivity index (χ1v) is 13.1. The number of hydrogen-bond acceptors (Lipinski definition) is 7. The topological polar surface area (TPSA) is 142 Å². The largest absolute Gasteiger partial charge is 0.484 e. The van der Waals surface area contributed by atoms with E-state index in [1.165, 1.54) is 35.1 Å². The van der Waals surface area contributed by atoms with Gasteiger partial charge in [0.2, 0.25) is 0 Å². The number of aliphatic hydroxyl groups is 1. The van der Waals surface area contributed by atoms with Crippen LogP contribution in [0.25, 0.3) is 5.82 Å². The Kier molecular flexibility index (Phi) is 7.68. The number of aryl methyl sites for hydroxylation is 1. The van der Waals surface area contributed by atoms with Crippen LogP contribution in [-0.4, -0.2) is 63.7 Å². The number of nitrogens with one attached hydrogen (secondary N) is 2. The highest BCUT2D eigenvalue weighted by Gasteiger charge is 2.43. The third kappa shape index (κ3) is 6.49. The monoisotopic (exact) mass is 568 g/mol. The number of nitrogens with zero attached hydrogens (tertiary/aromatic N) is 4. The van der Waals surface area contributed by atoms with Crippen molar-refractivity contribution in [1.29, 1.82) is 5.26 Å². The Hall–Kier alpha value is -4.44. The SMILES string of the molecule is N#Cc1ccc(-n2nc3c(c2C(=O)NCC2(CO)CC2)C(=O)NC(CCc2cccc(OCC(F)(F)F)c2)C3)nc1. The van der Waals surface area contributed by atoms with Crippen molar-refractivity contribution in [2.45, 2.75) is 44.3 Å². The number of amides is 2. The quantitative estimate of drug-likeness (QED) is 0.341. The predicted octanol–water partition coefficient (Wildman–Crippen LogP) is 2.87. The fraction of sp³-hybridized carbons (Fsp3) is 0.393. The van der Waals surface area contributed by atoms with Crippen molar-refractivity contribution in [3.63, 3.8) is 0 Å². The highest BCUT2D eigenvalue weighted by molar-refractivity contribution is 6.08. The Morgan fingerprint density at radius 2 is 2.10 bits per heavy atom. The van der Waals surface area contributed by atoms with Crippen LogP contribution in [0.3, 0.4) is 0 Å². The number of carbonyl (C=O) groups excluding carboxylic acids is 2. The Balaban J connectivity index is 1.35. The van der Waals surface area contributed by atoms with Crippen LogP contribution in [0.2, 0.25) is 0 Å². The van der Waals surface area contributed by atoms with E-state index in [0.29, 0.717) is 30.5 Å². The van der Waals surface area contributed by atoms with Crippen LogP contribution in [0.15, 0.2) is 42.6 Å². The molecule has 0 radical (unpaired) electrons. The standard InChI is InChI=1S/C28H27F3N6O4/c29-28(30,31)16-41-20-3-1-2-17(10-20)4-6-19-11-21-23(25(39)35-19)24(26(40)34-14-27(15-38)8-9-27)37(36-21)22-7-5-18(12-32)13-33-22/h1-3,5,7,10,13,19,38H,4,6,8-9,11,14-16H2,(H,34,40)(H,35,39). The normalized spacial score (nSPS) is 17.2. The van der Waals surface area contributed by atoms with Gasteiger partial charge in [-0.2, -0.15) is 23.5 Å². The Morgan fingerprint density at radius 1 is 1.29 bits per heavy atom. The van der Waals surface area contributed by atoms with Crippen LogP contribution in [0, 0.1) is 16.7 Å². The summed E-state index contributed by atoms with van der Waals surface area (Å²) in [5, 5.41) is 29.1. The molecule has 1 atom stereocenters. The molecule has 3 aromatic rings. The molecule has 2 aromatic heterocycles. The van der Waals surface area contributed by atoms with Crippen molar-refractivity contribution in [3.05, 3.63) is 70.7 Å². The van der Waals surface area contributed by atoms with Crippen molar-refractivity contribution in [2.24, 2.45) is 5.41 Å². The maximum Gasteiger partial charge on any atom is 0.422 e. The van der Waals surface area contributed by atoms with Crippen LogP contribution >= 0.6 is 0 Å². The van der Waals surface area contributed by atoms with E-state index in [-0.39, 0.29) is 47.4 Å². The number of ether oxygens (including phenoxy) is 1. The number of aromatic nitrogens is 3. The van der Waals surface area contributed by atoms with Gasteiger partial charge in [0.15, 0.2) is 12.4 Å². The summed E-state index contributed by atoms with van der Waals surface area (Å²) in [4.78, 5) is 30.9. The Labute approximate surface area is 233 Å². The van der Waals surface area contributed by atoms with Gasteiger partial charge in [0.1, 0.15) is 17.5 Å². The molecule has 1 aromatic carbocycles.